The molecule has 0 saturated heterocycles. The van der Waals surface area contributed by atoms with E-state index in [1.54, 1.807) is 0 Å². The van der Waals surface area contributed by atoms with Crippen LogP contribution in [0.4, 0.5) is 10.5 Å². The van der Waals surface area contributed by atoms with E-state index in [0.717, 1.165) is 33.0 Å². The summed E-state index contributed by atoms with van der Waals surface area (Å²) in [5.41, 5.74) is 4.44. The van der Waals surface area contributed by atoms with Crippen molar-refractivity contribution in [2.75, 3.05) is 11.9 Å². The van der Waals surface area contributed by atoms with Crippen molar-refractivity contribution in [3.05, 3.63) is 62.7 Å². The third-order valence-corrected chi connectivity index (χ3v) is 6.13. The molecule has 0 spiro atoms. The van der Waals surface area contributed by atoms with Gasteiger partial charge in [0.15, 0.2) is 0 Å². The lowest BCUT2D eigenvalue weighted by atomic mass is 9.96. The highest BCUT2D eigenvalue weighted by Crippen LogP contribution is 2.36. The maximum absolute atomic E-state index is 13.0. The van der Waals surface area contributed by atoms with Crippen molar-refractivity contribution < 1.29 is 4.79 Å². The van der Waals surface area contributed by atoms with E-state index in [0.29, 0.717) is 6.54 Å². The van der Waals surface area contributed by atoms with Crippen molar-refractivity contribution in [3.8, 4) is 0 Å². The Morgan fingerprint density at radius 2 is 2.08 bits per heavy atom. The van der Waals surface area contributed by atoms with E-state index in [1.807, 2.05) is 29.2 Å². The van der Waals surface area contributed by atoms with Gasteiger partial charge in [-0.15, -0.1) is 0 Å². The van der Waals surface area contributed by atoms with Crippen LogP contribution in [0.1, 0.15) is 30.6 Å². The van der Waals surface area contributed by atoms with Gasteiger partial charge < -0.3 is 15.2 Å². The highest BCUT2D eigenvalue weighted by Gasteiger charge is 2.32. The van der Waals surface area contributed by atoms with Crippen LogP contribution in [0.2, 0.25) is 0 Å². The molecule has 2 aromatic carbocycles. The summed E-state index contributed by atoms with van der Waals surface area (Å²) in [7, 11) is 0. The number of para-hydroxylation sites is 1. The second-order valence-corrected chi connectivity index (χ2v) is 8.25. The average Bonchev–Trinajstić information content (AvgIpc) is 3.01. The molecular weight excluding hydrogens is 458 g/mol. The van der Waals surface area contributed by atoms with Crippen molar-refractivity contribution >= 4 is 54.5 Å². The van der Waals surface area contributed by atoms with Gasteiger partial charge in [0.05, 0.1) is 11.7 Å². The number of carbonyl (C=O) groups excluding carboxylic acids is 1. The molecule has 1 aromatic heterocycles. The third-order valence-electron chi connectivity index (χ3n) is 4.98. The minimum absolute atomic E-state index is 0.0559. The number of hydrogen-bond donors (Lipinski definition) is 2. The number of urea groups is 1. The monoisotopic (exact) mass is 475 g/mol. The summed E-state index contributed by atoms with van der Waals surface area (Å²) in [6, 6.07) is 14.1. The molecule has 1 unspecified atom stereocenters. The van der Waals surface area contributed by atoms with Crippen LogP contribution in [0.5, 0.6) is 0 Å². The highest BCUT2D eigenvalue weighted by atomic mass is 79.9. The fourth-order valence-electron chi connectivity index (χ4n) is 3.76. The number of halogens is 2. The van der Waals surface area contributed by atoms with E-state index in [-0.39, 0.29) is 12.1 Å². The largest absolute Gasteiger partial charge is 0.356 e. The number of aromatic amines is 1. The maximum Gasteiger partial charge on any atom is 0.322 e. The van der Waals surface area contributed by atoms with E-state index in [9.17, 15) is 4.79 Å². The molecular formula is C20H19Br2N3O. The molecule has 2 amide bonds. The van der Waals surface area contributed by atoms with Gasteiger partial charge >= 0.3 is 6.03 Å². The summed E-state index contributed by atoms with van der Waals surface area (Å²) in [4.78, 5) is 18.5. The number of rotatable bonds is 2. The maximum atomic E-state index is 13.0. The van der Waals surface area contributed by atoms with Gasteiger partial charge in [-0.25, -0.2) is 4.79 Å². The highest BCUT2D eigenvalue weighted by molar-refractivity contribution is 9.11. The zero-order chi connectivity index (χ0) is 18.3. The molecule has 134 valence electrons. The van der Waals surface area contributed by atoms with Crippen molar-refractivity contribution in [2.24, 2.45) is 0 Å². The number of H-pyrrole nitrogens is 1. The van der Waals surface area contributed by atoms with Gasteiger partial charge in [0.2, 0.25) is 0 Å². The number of nitrogens with one attached hydrogen (secondary N) is 2. The first-order valence-corrected chi connectivity index (χ1v) is 10.3. The van der Waals surface area contributed by atoms with E-state index >= 15 is 0 Å². The lowest BCUT2D eigenvalue weighted by Gasteiger charge is -2.35. The Hall–Kier alpha value is -1.79. The summed E-state index contributed by atoms with van der Waals surface area (Å²) in [5, 5.41) is 4.32. The Kier molecular flexibility index (Phi) is 4.80. The Labute approximate surface area is 169 Å². The van der Waals surface area contributed by atoms with E-state index in [2.05, 4.69) is 67.3 Å². The van der Waals surface area contributed by atoms with Gasteiger partial charge in [-0.2, -0.15) is 0 Å². The molecule has 1 aliphatic rings. The first-order valence-electron chi connectivity index (χ1n) is 8.70. The van der Waals surface area contributed by atoms with Crippen LogP contribution in [0.25, 0.3) is 10.9 Å². The molecule has 1 aliphatic heterocycles. The molecule has 0 saturated carbocycles. The van der Waals surface area contributed by atoms with Crippen LogP contribution >= 0.6 is 31.9 Å². The standard InChI is InChI=1S/C20H19Br2N3O/c1-2-18-19-14(13-5-3-4-6-16(13)23-19)9-10-25(18)20(26)24-17-8-7-12(21)11-15(17)22/h3-8,11,18,23H,2,9-10H2,1H3,(H,24,26). The van der Waals surface area contributed by atoms with Crippen LogP contribution < -0.4 is 5.32 Å². The zero-order valence-corrected chi connectivity index (χ0v) is 17.5. The molecule has 0 aliphatic carbocycles. The van der Waals surface area contributed by atoms with Gasteiger partial charge in [0.1, 0.15) is 0 Å². The van der Waals surface area contributed by atoms with Crippen molar-refractivity contribution in [1.82, 2.24) is 9.88 Å². The second-order valence-electron chi connectivity index (χ2n) is 6.48. The van der Waals surface area contributed by atoms with Gasteiger partial charge in [-0.05, 0) is 58.6 Å². The van der Waals surface area contributed by atoms with E-state index in [4.69, 9.17) is 0 Å². The second kappa shape index (κ2) is 7.08. The predicted molar refractivity (Wildman–Crippen MR) is 113 cm³/mol. The summed E-state index contributed by atoms with van der Waals surface area (Å²) in [6.45, 7) is 2.84. The Bertz CT molecular complexity index is 982. The SMILES string of the molecule is CCC1c2[nH]c3ccccc3c2CCN1C(=O)Nc1ccc(Br)cc1Br. The molecule has 2 heterocycles. The van der Waals surface area contributed by atoms with Gasteiger partial charge in [-0.3, -0.25) is 0 Å². The summed E-state index contributed by atoms with van der Waals surface area (Å²) in [6.07, 6.45) is 1.74. The van der Waals surface area contributed by atoms with Crippen LogP contribution in [0.15, 0.2) is 51.4 Å². The topological polar surface area (TPSA) is 48.1 Å². The fraction of sp³-hybridized carbons (Fsp3) is 0.250. The Balaban J connectivity index is 1.63. The van der Waals surface area contributed by atoms with Gasteiger partial charge in [-0.1, -0.05) is 41.1 Å². The van der Waals surface area contributed by atoms with Crippen molar-refractivity contribution in [3.63, 3.8) is 0 Å². The van der Waals surface area contributed by atoms with Crippen LogP contribution in [-0.2, 0) is 6.42 Å². The number of fused-ring (bicyclic) bond motifs is 3. The quantitative estimate of drug-likeness (QED) is 0.452. The fourth-order valence-corrected chi connectivity index (χ4v) is 4.91. The smallest absolute Gasteiger partial charge is 0.322 e. The van der Waals surface area contributed by atoms with Crippen molar-refractivity contribution in [1.29, 1.82) is 0 Å². The number of benzene rings is 2. The molecule has 6 heteroatoms. The lowest BCUT2D eigenvalue weighted by Crippen LogP contribution is -2.42. The predicted octanol–water partition coefficient (Wildman–Crippen LogP) is 6.23. The summed E-state index contributed by atoms with van der Waals surface area (Å²) in [5.74, 6) is 0. The van der Waals surface area contributed by atoms with Crippen LogP contribution in [0, 0.1) is 0 Å². The van der Waals surface area contributed by atoms with E-state index < -0.39 is 0 Å². The number of anilines is 1. The minimum Gasteiger partial charge on any atom is -0.356 e. The molecule has 2 N–H and O–H groups in total. The molecule has 0 bridgehead atoms. The number of amides is 2. The Morgan fingerprint density at radius 1 is 1.27 bits per heavy atom. The molecule has 4 rings (SSSR count). The number of aromatic nitrogens is 1. The summed E-state index contributed by atoms with van der Waals surface area (Å²) < 4.78 is 1.83. The summed E-state index contributed by atoms with van der Waals surface area (Å²) >= 11 is 6.95. The van der Waals surface area contributed by atoms with Gasteiger partial charge in [0, 0.05) is 32.1 Å². The lowest BCUT2D eigenvalue weighted by molar-refractivity contribution is 0.179. The molecule has 0 fully saturated rings. The molecule has 4 nitrogen and oxygen atoms in total. The first kappa shape index (κ1) is 17.6. The zero-order valence-electron chi connectivity index (χ0n) is 14.4. The number of carbonyl (C=O) groups is 1. The van der Waals surface area contributed by atoms with E-state index in [1.165, 1.54) is 16.6 Å². The molecule has 0 radical (unpaired) electrons. The molecule has 26 heavy (non-hydrogen) atoms. The normalized spacial score (nSPS) is 16.6. The molecule has 1 atom stereocenters. The number of nitrogens with zero attached hydrogens (tertiary/aromatic N) is 1. The molecule has 3 aromatic rings. The first-order chi connectivity index (χ1) is 12.6. The Morgan fingerprint density at radius 3 is 2.85 bits per heavy atom. The van der Waals surface area contributed by atoms with Crippen LogP contribution in [0.3, 0.4) is 0 Å². The average molecular weight is 477 g/mol. The third kappa shape index (κ3) is 3.05. The van der Waals surface area contributed by atoms with Crippen LogP contribution in [-0.4, -0.2) is 22.5 Å². The minimum atomic E-state index is -0.0656. The van der Waals surface area contributed by atoms with Gasteiger partial charge in [0.25, 0.3) is 0 Å². The van der Waals surface area contributed by atoms with Crippen molar-refractivity contribution in [2.45, 2.75) is 25.8 Å². The number of hydrogen-bond acceptors (Lipinski definition) is 1.